The first-order chi connectivity index (χ1) is 8.06. The lowest BCUT2D eigenvalue weighted by molar-refractivity contribution is -0.116. The summed E-state index contributed by atoms with van der Waals surface area (Å²) >= 11 is 0. The molecule has 2 rings (SSSR count). The van der Waals surface area contributed by atoms with Crippen molar-refractivity contribution in [2.75, 3.05) is 11.1 Å². The molecule has 0 saturated carbocycles. The Hall–Kier alpha value is -2.31. The Morgan fingerprint density at radius 2 is 2.24 bits per heavy atom. The van der Waals surface area contributed by atoms with Crippen molar-refractivity contribution in [3.8, 4) is 0 Å². The van der Waals surface area contributed by atoms with Crippen molar-refractivity contribution >= 4 is 17.3 Å². The minimum atomic E-state index is -0.163. The molecule has 7 nitrogen and oxygen atoms in total. The first kappa shape index (κ1) is 11.2. The van der Waals surface area contributed by atoms with Gasteiger partial charge in [0.1, 0.15) is 6.54 Å². The van der Waals surface area contributed by atoms with Gasteiger partial charge in [0.15, 0.2) is 0 Å². The number of aryl methyl sites for hydroxylation is 1. The van der Waals surface area contributed by atoms with Gasteiger partial charge in [-0.05, 0) is 6.92 Å². The van der Waals surface area contributed by atoms with Gasteiger partial charge in [0, 0.05) is 13.2 Å². The van der Waals surface area contributed by atoms with Crippen LogP contribution < -0.4 is 11.1 Å². The van der Waals surface area contributed by atoms with Crippen LogP contribution in [0.1, 0.15) is 5.69 Å². The number of amides is 1. The summed E-state index contributed by atoms with van der Waals surface area (Å²) in [6.07, 6.45) is 4.73. The number of nitrogen functional groups attached to an aromatic ring is 1. The lowest BCUT2D eigenvalue weighted by atomic mass is 10.4. The summed E-state index contributed by atoms with van der Waals surface area (Å²) in [5.41, 5.74) is 7.65. The second kappa shape index (κ2) is 4.28. The van der Waals surface area contributed by atoms with E-state index in [1.165, 1.54) is 10.9 Å². The average Bonchev–Trinajstić information content (AvgIpc) is 2.79. The first-order valence-corrected chi connectivity index (χ1v) is 5.12. The maximum atomic E-state index is 11.7. The molecular weight excluding hydrogens is 220 g/mol. The second-order valence-electron chi connectivity index (χ2n) is 3.79. The molecule has 2 aromatic heterocycles. The summed E-state index contributed by atoms with van der Waals surface area (Å²) < 4.78 is 3.18. The molecule has 2 aromatic rings. The third kappa shape index (κ3) is 2.44. The number of hydrogen-bond acceptors (Lipinski definition) is 4. The van der Waals surface area contributed by atoms with Crippen LogP contribution in [0, 0.1) is 6.92 Å². The Morgan fingerprint density at radius 1 is 1.47 bits per heavy atom. The van der Waals surface area contributed by atoms with Crippen molar-refractivity contribution in [2.45, 2.75) is 13.5 Å². The summed E-state index contributed by atoms with van der Waals surface area (Å²) in [4.78, 5) is 11.7. The molecule has 0 aliphatic carbocycles. The third-order valence-corrected chi connectivity index (χ3v) is 2.47. The van der Waals surface area contributed by atoms with Gasteiger partial charge in [-0.2, -0.15) is 10.2 Å². The monoisotopic (exact) mass is 234 g/mol. The molecular formula is C10H14N6O. The minimum Gasteiger partial charge on any atom is -0.396 e. The van der Waals surface area contributed by atoms with Gasteiger partial charge in [-0.1, -0.05) is 0 Å². The molecule has 0 aliphatic heterocycles. The van der Waals surface area contributed by atoms with E-state index in [9.17, 15) is 4.79 Å². The summed E-state index contributed by atoms with van der Waals surface area (Å²) in [6, 6.07) is 0. The van der Waals surface area contributed by atoms with Crippen LogP contribution in [-0.4, -0.2) is 25.5 Å². The van der Waals surface area contributed by atoms with Gasteiger partial charge < -0.3 is 11.1 Å². The molecule has 7 heteroatoms. The number of carbonyl (C=O) groups is 1. The molecule has 17 heavy (non-hydrogen) atoms. The zero-order chi connectivity index (χ0) is 12.4. The quantitative estimate of drug-likeness (QED) is 0.790. The van der Waals surface area contributed by atoms with Crippen LogP contribution in [0.25, 0.3) is 0 Å². The highest BCUT2D eigenvalue weighted by Crippen LogP contribution is 2.11. The largest absolute Gasteiger partial charge is 0.396 e. The highest BCUT2D eigenvalue weighted by atomic mass is 16.2. The predicted molar refractivity (Wildman–Crippen MR) is 63.2 cm³/mol. The number of hydrogen-bond donors (Lipinski definition) is 2. The number of aromatic nitrogens is 4. The standard InChI is InChI=1S/C10H14N6O/c1-7-9(4-12-15(7)2)14-10(17)6-16-5-8(11)3-13-16/h3-5H,6,11H2,1-2H3,(H,14,17). The highest BCUT2D eigenvalue weighted by Gasteiger charge is 2.08. The average molecular weight is 234 g/mol. The Bertz CT molecular complexity index is 541. The molecule has 0 bridgehead atoms. The number of nitrogens with zero attached hydrogens (tertiary/aromatic N) is 4. The van der Waals surface area contributed by atoms with Crippen LogP contribution in [0.5, 0.6) is 0 Å². The van der Waals surface area contributed by atoms with Crippen LogP contribution >= 0.6 is 0 Å². The van der Waals surface area contributed by atoms with Crippen molar-refractivity contribution in [3.05, 3.63) is 24.3 Å². The normalized spacial score (nSPS) is 10.5. The smallest absolute Gasteiger partial charge is 0.246 e. The lowest BCUT2D eigenvalue weighted by Gasteiger charge is -2.04. The van der Waals surface area contributed by atoms with Gasteiger partial charge in [0.25, 0.3) is 0 Å². The van der Waals surface area contributed by atoms with Crippen LogP contribution in [0.3, 0.4) is 0 Å². The molecule has 90 valence electrons. The molecule has 3 N–H and O–H groups in total. The molecule has 0 radical (unpaired) electrons. The maximum Gasteiger partial charge on any atom is 0.246 e. The summed E-state index contributed by atoms with van der Waals surface area (Å²) in [6.45, 7) is 2.01. The number of rotatable bonds is 3. The van der Waals surface area contributed by atoms with Crippen molar-refractivity contribution in [3.63, 3.8) is 0 Å². The second-order valence-corrected chi connectivity index (χ2v) is 3.79. The predicted octanol–water partition coefficient (Wildman–Crippen LogP) is 0.146. The third-order valence-electron chi connectivity index (χ3n) is 2.47. The van der Waals surface area contributed by atoms with E-state index in [1.807, 2.05) is 14.0 Å². The van der Waals surface area contributed by atoms with E-state index < -0.39 is 0 Å². The van der Waals surface area contributed by atoms with Crippen LogP contribution in [0.2, 0.25) is 0 Å². The summed E-state index contributed by atoms with van der Waals surface area (Å²) in [5.74, 6) is -0.163. The van der Waals surface area contributed by atoms with E-state index in [4.69, 9.17) is 5.73 Å². The number of anilines is 2. The van der Waals surface area contributed by atoms with E-state index in [0.29, 0.717) is 11.4 Å². The molecule has 0 fully saturated rings. The van der Waals surface area contributed by atoms with Gasteiger partial charge in [0.2, 0.25) is 5.91 Å². The molecule has 0 spiro atoms. The molecule has 0 aromatic carbocycles. The Morgan fingerprint density at radius 3 is 2.76 bits per heavy atom. The van der Waals surface area contributed by atoms with Crippen LogP contribution in [0.15, 0.2) is 18.6 Å². The molecule has 0 unspecified atom stereocenters. The van der Waals surface area contributed by atoms with Gasteiger partial charge in [-0.15, -0.1) is 0 Å². The molecule has 0 saturated heterocycles. The van der Waals surface area contributed by atoms with E-state index in [-0.39, 0.29) is 12.5 Å². The molecule has 0 atom stereocenters. The Kier molecular flexibility index (Phi) is 2.82. The fourth-order valence-corrected chi connectivity index (χ4v) is 1.42. The minimum absolute atomic E-state index is 0.130. The van der Waals surface area contributed by atoms with E-state index in [2.05, 4.69) is 15.5 Å². The number of carbonyl (C=O) groups excluding carboxylic acids is 1. The SMILES string of the molecule is Cc1c(NC(=O)Cn2cc(N)cn2)cnn1C. The van der Waals surface area contributed by atoms with Crippen molar-refractivity contribution in [1.82, 2.24) is 19.6 Å². The zero-order valence-corrected chi connectivity index (χ0v) is 9.71. The zero-order valence-electron chi connectivity index (χ0n) is 9.71. The molecule has 2 heterocycles. The lowest BCUT2D eigenvalue weighted by Crippen LogP contribution is -2.19. The van der Waals surface area contributed by atoms with Crippen molar-refractivity contribution in [2.24, 2.45) is 7.05 Å². The van der Waals surface area contributed by atoms with E-state index in [0.717, 1.165) is 5.69 Å². The first-order valence-electron chi connectivity index (χ1n) is 5.12. The number of nitrogens with two attached hydrogens (primary N) is 1. The van der Waals surface area contributed by atoms with E-state index >= 15 is 0 Å². The molecule has 1 amide bonds. The highest BCUT2D eigenvalue weighted by molar-refractivity contribution is 5.90. The van der Waals surface area contributed by atoms with Crippen molar-refractivity contribution < 1.29 is 4.79 Å². The topological polar surface area (TPSA) is 90.8 Å². The fourth-order valence-electron chi connectivity index (χ4n) is 1.42. The fraction of sp³-hybridized carbons (Fsp3) is 0.300. The molecule has 0 aliphatic rings. The van der Waals surface area contributed by atoms with Gasteiger partial charge >= 0.3 is 0 Å². The number of nitrogens with one attached hydrogen (secondary N) is 1. The van der Waals surface area contributed by atoms with E-state index in [1.54, 1.807) is 17.1 Å². The summed E-state index contributed by atoms with van der Waals surface area (Å²) in [7, 11) is 1.82. The van der Waals surface area contributed by atoms with Crippen molar-refractivity contribution in [1.29, 1.82) is 0 Å². The Balaban J connectivity index is 2.00. The van der Waals surface area contributed by atoms with Crippen LogP contribution in [-0.2, 0) is 18.4 Å². The Labute approximate surface area is 98.2 Å². The van der Waals surface area contributed by atoms with Gasteiger partial charge in [0.05, 0.1) is 29.5 Å². The van der Waals surface area contributed by atoms with Gasteiger partial charge in [-0.25, -0.2) is 0 Å². The maximum absolute atomic E-state index is 11.7. The van der Waals surface area contributed by atoms with Crippen LogP contribution in [0.4, 0.5) is 11.4 Å². The van der Waals surface area contributed by atoms with Gasteiger partial charge in [-0.3, -0.25) is 14.2 Å². The summed E-state index contributed by atoms with van der Waals surface area (Å²) in [5, 5.41) is 10.7.